The molecule has 0 bridgehead atoms. The Morgan fingerprint density at radius 3 is 2.90 bits per heavy atom. The Bertz CT molecular complexity index is 612. The second kappa shape index (κ2) is 5.88. The summed E-state index contributed by atoms with van der Waals surface area (Å²) in [6, 6.07) is 14.9. The monoisotopic (exact) mass is 331 g/mol. The fraction of sp³-hybridized carbons (Fsp3) is 0.294. The molecule has 20 heavy (non-hydrogen) atoms. The topological polar surface area (TPSA) is 12.5 Å². The van der Waals surface area contributed by atoms with Crippen molar-refractivity contribution in [3.63, 3.8) is 0 Å². The van der Waals surface area contributed by atoms with Crippen LogP contribution in [-0.4, -0.2) is 13.7 Å². The smallest absolute Gasteiger partial charge is 0.119 e. The molecule has 0 radical (unpaired) electrons. The van der Waals surface area contributed by atoms with Crippen molar-refractivity contribution in [1.82, 2.24) is 0 Å². The van der Waals surface area contributed by atoms with E-state index in [4.69, 9.17) is 4.74 Å². The molecule has 3 rings (SSSR count). The molecule has 0 aliphatic carbocycles. The molecule has 0 unspecified atom stereocenters. The number of para-hydroxylation sites is 1. The number of aryl methyl sites for hydroxylation is 1. The summed E-state index contributed by atoms with van der Waals surface area (Å²) >= 11 is 3.64. The molecular formula is C17H18BrNO. The minimum Gasteiger partial charge on any atom is -0.497 e. The molecule has 1 aliphatic rings. The molecule has 1 heterocycles. The first-order valence-electron chi connectivity index (χ1n) is 6.93. The number of rotatable bonds is 3. The maximum absolute atomic E-state index is 5.33. The summed E-state index contributed by atoms with van der Waals surface area (Å²) in [6.07, 6.45) is 2.41. The Morgan fingerprint density at radius 1 is 1.20 bits per heavy atom. The van der Waals surface area contributed by atoms with Gasteiger partial charge in [-0.05, 0) is 48.2 Å². The zero-order chi connectivity index (χ0) is 13.9. The van der Waals surface area contributed by atoms with E-state index in [1.165, 1.54) is 29.7 Å². The lowest BCUT2D eigenvalue weighted by Gasteiger charge is -2.31. The summed E-state index contributed by atoms with van der Waals surface area (Å²) < 4.78 is 6.47. The van der Waals surface area contributed by atoms with Crippen LogP contribution in [0.1, 0.15) is 17.5 Å². The van der Waals surface area contributed by atoms with Crippen LogP contribution in [0.2, 0.25) is 0 Å². The first-order valence-corrected chi connectivity index (χ1v) is 7.72. The number of hydrogen-bond acceptors (Lipinski definition) is 2. The van der Waals surface area contributed by atoms with E-state index in [1.54, 1.807) is 7.11 Å². The lowest BCUT2D eigenvalue weighted by atomic mass is 10.0. The molecule has 0 spiro atoms. The SMILES string of the molecule is COc1ccc(Br)c(CN2CCCc3ccccc32)c1. The lowest BCUT2D eigenvalue weighted by molar-refractivity contribution is 0.414. The van der Waals surface area contributed by atoms with Gasteiger partial charge in [0.2, 0.25) is 0 Å². The number of benzene rings is 2. The fourth-order valence-electron chi connectivity index (χ4n) is 2.78. The predicted molar refractivity (Wildman–Crippen MR) is 86.5 cm³/mol. The van der Waals surface area contributed by atoms with Gasteiger partial charge in [0, 0.05) is 23.2 Å². The second-order valence-corrected chi connectivity index (χ2v) is 5.97. The third kappa shape index (κ3) is 2.68. The summed E-state index contributed by atoms with van der Waals surface area (Å²) in [5.74, 6) is 0.911. The minimum atomic E-state index is 0.911. The van der Waals surface area contributed by atoms with E-state index in [0.717, 1.165) is 23.3 Å². The Hall–Kier alpha value is -1.48. The molecule has 3 heteroatoms. The molecule has 0 saturated carbocycles. The van der Waals surface area contributed by atoms with E-state index in [-0.39, 0.29) is 0 Å². The van der Waals surface area contributed by atoms with Crippen LogP contribution in [-0.2, 0) is 13.0 Å². The van der Waals surface area contributed by atoms with Crippen molar-refractivity contribution in [2.24, 2.45) is 0 Å². The van der Waals surface area contributed by atoms with Gasteiger partial charge in [-0.1, -0.05) is 34.1 Å². The quantitative estimate of drug-likeness (QED) is 0.825. The normalized spacial score (nSPS) is 14.0. The molecule has 0 saturated heterocycles. The van der Waals surface area contributed by atoms with Gasteiger partial charge < -0.3 is 9.64 Å². The second-order valence-electron chi connectivity index (χ2n) is 5.11. The van der Waals surface area contributed by atoms with Crippen molar-refractivity contribution in [2.45, 2.75) is 19.4 Å². The van der Waals surface area contributed by atoms with Crippen molar-refractivity contribution in [2.75, 3.05) is 18.6 Å². The first-order chi connectivity index (χ1) is 9.78. The van der Waals surface area contributed by atoms with Crippen molar-refractivity contribution >= 4 is 21.6 Å². The number of nitrogens with zero attached hydrogens (tertiary/aromatic N) is 1. The van der Waals surface area contributed by atoms with Crippen molar-refractivity contribution < 1.29 is 4.74 Å². The fourth-order valence-corrected chi connectivity index (χ4v) is 3.15. The van der Waals surface area contributed by atoms with E-state index in [1.807, 2.05) is 6.07 Å². The Balaban J connectivity index is 1.89. The van der Waals surface area contributed by atoms with Gasteiger partial charge >= 0.3 is 0 Å². The number of hydrogen-bond donors (Lipinski definition) is 0. The van der Waals surface area contributed by atoms with Crippen LogP contribution in [0.4, 0.5) is 5.69 Å². The number of methoxy groups -OCH3 is 1. The molecule has 0 fully saturated rings. The molecule has 2 nitrogen and oxygen atoms in total. The maximum Gasteiger partial charge on any atom is 0.119 e. The van der Waals surface area contributed by atoms with Gasteiger partial charge in [-0.25, -0.2) is 0 Å². The molecular weight excluding hydrogens is 314 g/mol. The maximum atomic E-state index is 5.33. The lowest BCUT2D eigenvalue weighted by Crippen LogP contribution is -2.28. The minimum absolute atomic E-state index is 0.911. The van der Waals surface area contributed by atoms with Gasteiger partial charge in [0.15, 0.2) is 0 Å². The van der Waals surface area contributed by atoms with Gasteiger partial charge in [0.1, 0.15) is 5.75 Å². The van der Waals surface area contributed by atoms with Crippen LogP contribution in [0.25, 0.3) is 0 Å². The largest absolute Gasteiger partial charge is 0.497 e. The first kappa shape index (κ1) is 13.5. The molecule has 104 valence electrons. The summed E-state index contributed by atoms with van der Waals surface area (Å²) in [6.45, 7) is 2.02. The highest BCUT2D eigenvalue weighted by atomic mass is 79.9. The number of anilines is 1. The van der Waals surface area contributed by atoms with E-state index >= 15 is 0 Å². The predicted octanol–water partition coefficient (Wildman–Crippen LogP) is 4.41. The van der Waals surface area contributed by atoms with Gasteiger partial charge in [-0.15, -0.1) is 0 Å². The van der Waals surface area contributed by atoms with Crippen LogP contribution >= 0.6 is 15.9 Å². The Morgan fingerprint density at radius 2 is 2.05 bits per heavy atom. The summed E-state index contributed by atoms with van der Waals surface area (Å²) in [7, 11) is 1.71. The molecule has 2 aromatic carbocycles. The van der Waals surface area contributed by atoms with Crippen LogP contribution in [0.15, 0.2) is 46.9 Å². The van der Waals surface area contributed by atoms with Crippen molar-refractivity contribution in [3.05, 3.63) is 58.1 Å². The molecule has 2 aromatic rings. The highest BCUT2D eigenvalue weighted by molar-refractivity contribution is 9.10. The highest BCUT2D eigenvalue weighted by Gasteiger charge is 2.17. The zero-order valence-electron chi connectivity index (χ0n) is 11.6. The zero-order valence-corrected chi connectivity index (χ0v) is 13.2. The van der Waals surface area contributed by atoms with Gasteiger partial charge in [-0.2, -0.15) is 0 Å². The number of fused-ring (bicyclic) bond motifs is 1. The van der Waals surface area contributed by atoms with Gasteiger partial charge in [-0.3, -0.25) is 0 Å². The van der Waals surface area contributed by atoms with E-state index in [9.17, 15) is 0 Å². The van der Waals surface area contributed by atoms with Crippen molar-refractivity contribution in [3.8, 4) is 5.75 Å². The third-order valence-electron chi connectivity index (χ3n) is 3.82. The van der Waals surface area contributed by atoms with Gasteiger partial charge in [0.25, 0.3) is 0 Å². The molecule has 0 aromatic heterocycles. The van der Waals surface area contributed by atoms with Crippen LogP contribution < -0.4 is 9.64 Å². The van der Waals surface area contributed by atoms with Crippen LogP contribution in [0.3, 0.4) is 0 Å². The van der Waals surface area contributed by atoms with Crippen molar-refractivity contribution in [1.29, 1.82) is 0 Å². The Labute approximate surface area is 128 Å². The van der Waals surface area contributed by atoms with Crippen LogP contribution in [0, 0.1) is 0 Å². The average molecular weight is 332 g/mol. The summed E-state index contributed by atoms with van der Waals surface area (Å²) in [5, 5.41) is 0. The average Bonchev–Trinajstić information content (AvgIpc) is 2.50. The standard InChI is InChI=1S/C17H18BrNO/c1-20-15-8-9-16(18)14(11-15)12-19-10-4-6-13-5-2-3-7-17(13)19/h2-3,5,7-9,11H,4,6,10,12H2,1H3. The highest BCUT2D eigenvalue weighted by Crippen LogP contribution is 2.30. The van der Waals surface area contributed by atoms with Gasteiger partial charge in [0.05, 0.1) is 7.11 Å². The molecule has 0 amide bonds. The Kier molecular flexibility index (Phi) is 3.97. The third-order valence-corrected chi connectivity index (χ3v) is 4.59. The number of ether oxygens (including phenoxy) is 1. The van der Waals surface area contributed by atoms with E-state index in [2.05, 4.69) is 57.2 Å². The molecule has 0 N–H and O–H groups in total. The van der Waals surface area contributed by atoms with E-state index in [0.29, 0.717) is 0 Å². The molecule has 0 atom stereocenters. The number of halogens is 1. The summed E-state index contributed by atoms with van der Waals surface area (Å²) in [4.78, 5) is 2.46. The summed E-state index contributed by atoms with van der Waals surface area (Å²) in [5.41, 5.74) is 4.09. The van der Waals surface area contributed by atoms with E-state index < -0.39 is 0 Å². The van der Waals surface area contributed by atoms with Crippen LogP contribution in [0.5, 0.6) is 5.75 Å². The molecule has 1 aliphatic heterocycles.